The fourth-order valence-corrected chi connectivity index (χ4v) is 6.81. The Morgan fingerprint density at radius 2 is 1.97 bits per heavy atom. The summed E-state index contributed by atoms with van der Waals surface area (Å²) in [5.74, 6) is 2.15. The highest BCUT2D eigenvalue weighted by Gasteiger charge is 2.42. The molecule has 1 aliphatic carbocycles. The highest BCUT2D eigenvalue weighted by Crippen LogP contribution is 2.42. The molecule has 0 spiro atoms. The smallest absolute Gasteiger partial charge is 0.290 e. The van der Waals surface area contributed by atoms with E-state index in [2.05, 4.69) is 60.5 Å². The molecule has 36 heavy (non-hydrogen) atoms. The first kappa shape index (κ1) is 23.3. The quantitative estimate of drug-likeness (QED) is 0.450. The predicted octanol–water partition coefficient (Wildman–Crippen LogP) is 4.18. The summed E-state index contributed by atoms with van der Waals surface area (Å²) in [4.78, 5) is 40.0. The van der Waals surface area contributed by atoms with Gasteiger partial charge in [0.05, 0.1) is 22.0 Å². The van der Waals surface area contributed by atoms with Gasteiger partial charge >= 0.3 is 0 Å². The Labute approximate surface area is 217 Å². The van der Waals surface area contributed by atoms with Crippen molar-refractivity contribution in [3.63, 3.8) is 0 Å². The largest absolute Gasteiger partial charge is 0.340 e. The molecule has 2 aliphatic heterocycles. The number of thiophene rings is 1. The standard InChI is InChI=1S/C26H26N6O2S2/c33-24-23(36-26(34)31-24)10-19-6-8-28-25(30-19)32-13-16-4-5-17(14-32)21(16)12-27-11-20-2-1-3-22(29-20)18-7-9-35-15-18/h1-3,6-10,15-17,21,27H,4-5,11-14H2,(H,31,33,34)/b23-10-/t16-,17+,21?. The zero-order valence-electron chi connectivity index (χ0n) is 19.6. The van der Waals surface area contributed by atoms with E-state index < -0.39 is 0 Å². The van der Waals surface area contributed by atoms with E-state index in [0.29, 0.717) is 34.3 Å². The van der Waals surface area contributed by atoms with Gasteiger partial charge in [-0.2, -0.15) is 11.3 Å². The summed E-state index contributed by atoms with van der Waals surface area (Å²) < 4.78 is 0. The molecule has 0 aromatic carbocycles. The number of nitrogens with one attached hydrogen (secondary N) is 2. The van der Waals surface area contributed by atoms with Crippen molar-refractivity contribution in [2.75, 3.05) is 24.5 Å². The number of pyridine rings is 1. The maximum absolute atomic E-state index is 11.9. The number of anilines is 1. The van der Waals surface area contributed by atoms with E-state index in [0.717, 1.165) is 49.3 Å². The number of imide groups is 1. The summed E-state index contributed by atoms with van der Waals surface area (Å²) in [6.45, 7) is 3.62. The van der Waals surface area contributed by atoms with Crippen molar-refractivity contribution in [2.45, 2.75) is 19.4 Å². The number of hydrogen-bond acceptors (Lipinski definition) is 9. The van der Waals surface area contributed by atoms with Gasteiger partial charge in [-0.3, -0.25) is 19.9 Å². The molecule has 3 atom stereocenters. The van der Waals surface area contributed by atoms with Crippen LogP contribution >= 0.6 is 23.1 Å². The van der Waals surface area contributed by atoms with Crippen LogP contribution in [0, 0.1) is 17.8 Å². The summed E-state index contributed by atoms with van der Waals surface area (Å²) in [7, 11) is 0. The van der Waals surface area contributed by atoms with Crippen molar-refractivity contribution in [3.8, 4) is 11.3 Å². The predicted molar refractivity (Wildman–Crippen MR) is 142 cm³/mol. The molecule has 1 saturated carbocycles. The Kier molecular flexibility index (Phi) is 6.56. The molecular weight excluding hydrogens is 492 g/mol. The van der Waals surface area contributed by atoms with E-state index in [1.807, 2.05) is 0 Å². The lowest BCUT2D eigenvalue weighted by atomic mass is 9.85. The Bertz CT molecular complexity index is 1300. The highest BCUT2D eigenvalue weighted by atomic mass is 32.2. The molecule has 184 valence electrons. The fourth-order valence-electron chi connectivity index (χ4n) is 5.50. The van der Waals surface area contributed by atoms with Crippen LogP contribution in [0.25, 0.3) is 17.3 Å². The van der Waals surface area contributed by atoms with Gasteiger partial charge in [0.1, 0.15) is 0 Å². The molecule has 3 aliphatic rings. The average molecular weight is 519 g/mol. The summed E-state index contributed by atoms with van der Waals surface area (Å²) in [5, 5.41) is 9.82. The van der Waals surface area contributed by atoms with E-state index in [-0.39, 0.29) is 11.1 Å². The first-order valence-corrected chi connectivity index (χ1v) is 13.9. The number of carbonyl (C=O) groups excluding carboxylic acids is 2. The second kappa shape index (κ2) is 10.1. The van der Waals surface area contributed by atoms with Gasteiger partial charge in [-0.15, -0.1) is 0 Å². The van der Waals surface area contributed by atoms with Gasteiger partial charge in [-0.1, -0.05) is 6.07 Å². The van der Waals surface area contributed by atoms with Crippen LogP contribution in [0.1, 0.15) is 24.2 Å². The van der Waals surface area contributed by atoms with Gasteiger partial charge in [-0.05, 0) is 84.6 Å². The van der Waals surface area contributed by atoms with Crippen molar-refractivity contribution in [1.82, 2.24) is 25.6 Å². The van der Waals surface area contributed by atoms with E-state index in [1.54, 1.807) is 29.7 Å². The number of thioether (sulfide) groups is 1. The lowest BCUT2D eigenvalue weighted by molar-refractivity contribution is -0.115. The van der Waals surface area contributed by atoms with Gasteiger partial charge in [0.25, 0.3) is 11.1 Å². The van der Waals surface area contributed by atoms with Crippen LogP contribution in [0.5, 0.6) is 0 Å². The van der Waals surface area contributed by atoms with Crippen LogP contribution in [0.15, 0.2) is 52.2 Å². The highest BCUT2D eigenvalue weighted by molar-refractivity contribution is 8.18. The molecule has 5 heterocycles. The molecule has 2 amide bonds. The van der Waals surface area contributed by atoms with Gasteiger partial charge in [0, 0.05) is 36.8 Å². The number of aromatic nitrogens is 3. The van der Waals surface area contributed by atoms with Crippen LogP contribution in [-0.4, -0.2) is 45.7 Å². The van der Waals surface area contributed by atoms with E-state index >= 15 is 0 Å². The second-order valence-corrected chi connectivity index (χ2v) is 11.3. The maximum atomic E-state index is 11.9. The van der Waals surface area contributed by atoms with Gasteiger partial charge in [-0.25, -0.2) is 9.97 Å². The normalized spacial score (nSPS) is 24.5. The molecule has 8 nitrogen and oxygen atoms in total. The molecule has 1 unspecified atom stereocenters. The van der Waals surface area contributed by atoms with Crippen molar-refractivity contribution in [2.24, 2.45) is 17.8 Å². The van der Waals surface area contributed by atoms with Gasteiger partial charge in [0.2, 0.25) is 5.95 Å². The number of nitrogens with zero attached hydrogens (tertiary/aromatic N) is 4. The fraction of sp³-hybridized carbons (Fsp3) is 0.346. The minimum atomic E-state index is -0.370. The molecule has 2 N–H and O–H groups in total. The van der Waals surface area contributed by atoms with Crippen LogP contribution in [0.2, 0.25) is 0 Å². The lowest BCUT2D eigenvalue weighted by Crippen LogP contribution is -2.45. The monoisotopic (exact) mass is 518 g/mol. The average Bonchev–Trinajstić information content (AvgIpc) is 3.58. The third kappa shape index (κ3) is 4.93. The first-order chi connectivity index (χ1) is 17.6. The topological polar surface area (TPSA) is 100 Å². The maximum Gasteiger partial charge on any atom is 0.290 e. The number of hydrogen-bond donors (Lipinski definition) is 2. The number of fused-ring (bicyclic) bond motifs is 2. The number of carbonyl (C=O) groups is 2. The lowest BCUT2D eigenvalue weighted by Gasteiger charge is -2.38. The summed E-state index contributed by atoms with van der Waals surface area (Å²) in [6, 6.07) is 10.1. The van der Waals surface area contributed by atoms with Crippen molar-refractivity contribution < 1.29 is 9.59 Å². The first-order valence-electron chi connectivity index (χ1n) is 12.1. The molecular formula is C26H26N6O2S2. The molecule has 3 aromatic heterocycles. The van der Waals surface area contributed by atoms with Crippen molar-refractivity contribution in [1.29, 1.82) is 0 Å². The molecule has 2 saturated heterocycles. The van der Waals surface area contributed by atoms with Crippen LogP contribution < -0.4 is 15.5 Å². The zero-order valence-corrected chi connectivity index (χ0v) is 21.2. The summed E-state index contributed by atoms with van der Waals surface area (Å²) in [6.07, 6.45) is 5.83. The molecule has 2 bridgehead atoms. The van der Waals surface area contributed by atoms with E-state index in [4.69, 9.17) is 4.98 Å². The molecule has 6 rings (SSSR count). The summed E-state index contributed by atoms with van der Waals surface area (Å²) in [5.41, 5.74) is 3.91. The van der Waals surface area contributed by atoms with Gasteiger partial charge in [0.15, 0.2) is 0 Å². The number of piperidine rings is 1. The number of amides is 2. The van der Waals surface area contributed by atoms with Crippen molar-refractivity contribution >= 4 is 46.3 Å². The van der Waals surface area contributed by atoms with E-state index in [1.165, 1.54) is 18.4 Å². The molecule has 0 radical (unpaired) electrons. The van der Waals surface area contributed by atoms with Crippen LogP contribution in [0.3, 0.4) is 0 Å². The SMILES string of the molecule is O=C1NC(=O)/C(=C/c2ccnc(N3C[C@H]4CC[C@@H](C3)C4CNCc3cccc(-c4ccsc4)n3)n2)S1. The Balaban J connectivity index is 1.07. The Morgan fingerprint density at radius 3 is 2.72 bits per heavy atom. The molecule has 10 heteroatoms. The Morgan fingerprint density at radius 1 is 1.11 bits per heavy atom. The van der Waals surface area contributed by atoms with Crippen molar-refractivity contribution in [3.05, 3.63) is 63.6 Å². The molecule has 3 fully saturated rings. The second-order valence-electron chi connectivity index (χ2n) is 9.46. The third-order valence-electron chi connectivity index (χ3n) is 7.21. The van der Waals surface area contributed by atoms with E-state index in [9.17, 15) is 9.59 Å². The molecule has 3 aromatic rings. The van der Waals surface area contributed by atoms with Crippen LogP contribution in [0.4, 0.5) is 10.7 Å². The Hall–Kier alpha value is -3.08. The summed E-state index contributed by atoms with van der Waals surface area (Å²) >= 11 is 2.59. The minimum Gasteiger partial charge on any atom is -0.340 e. The van der Waals surface area contributed by atoms with Gasteiger partial charge < -0.3 is 10.2 Å². The minimum absolute atomic E-state index is 0.348. The third-order valence-corrected chi connectivity index (χ3v) is 8.70. The van der Waals surface area contributed by atoms with Crippen LogP contribution in [-0.2, 0) is 11.3 Å². The zero-order chi connectivity index (χ0) is 24.5. The number of rotatable bonds is 7.